The molecule has 0 bridgehead atoms. The zero-order chi connectivity index (χ0) is 21.7. The molecule has 2 aromatic carbocycles. The molecule has 1 saturated heterocycles. The van der Waals surface area contributed by atoms with Gasteiger partial charge in [-0.2, -0.15) is 0 Å². The van der Waals surface area contributed by atoms with Crippen LogP contribution in [0.3, 0.4) is 0 Å². The maximum absolute atomic E-state index is 13.6. The van der Waals surface area contributed by atoms with Gasteiger partial charge in [0, 0.05) is 11.4 Å². The number of amides is 4. The molecule has 1 unspecified atom stereocenters. The van der Waals surface area contributed by atoms with E-state index in [2.05, 4.69) is 10.6 Å². The summed E-state index contributed by atoms with van der Waals surface area (Å²) < 4.78 is 26.8. The van der Waals surface area contributed by atoms with E-state index in [1.54, 1.807) is 11.8 Å². The van der Waals surface area contributed by atoms with Crippen molar-refractivity contribution in [2.45, 2.75) is 23.8 Å². The molecule has 6 nitrogen and oxygen atoms in total. The van der Waals surface area contributed by atoms with Crippen molar-refractivity contribution in [3.05, 3.63) is 65.7 Å². The Kier molecular flexibility index (Phi) is 6.71. The van der Waals surface area contributed by atoms with Crippen LogP contribution in [0.25, 0.3) is 0 Å². The number of urea groups is 1. The van der Waals surface area contributed by atoms with Crippen LogP contribution in [0.4, 0.5) is 13.6 Å². The summed E-state index contributed by atoms with van der Waals surface area (Å²) in [6.45, 7) is 1.34. The Hall–Kier alpha value is -2.94. The Morgan fingerprint density at radius 3 is 2.57 bits per heavy atom. The number of nitrogens with zero attached hydrogens (tertiary/aromatic N) is 1. The first-order chi connectivity index (χ1) is 14.3. The molecule has 2 N–H and O–H groups in total. The fourth-order valence-electron chi connectivity index (χ4n) is 3.05. The minimum atomic E-state index is -1.57. The van der Waals surface area contributed by atoms with Gasteiger partial charge in [0.25, 0.3) is 5.91 Å². The minimum Gasteiger partial charge on any atom is -0.355 e. The van der Waals surface area contributed by atoms with Gasteiger partial charge < -0.3 is 10.6 Å². The van der Waals surface area contributed by atoms with Crippen LogP contribution in [0, 0.1) is 11.6 Å². The minimum absolute atomic E-state index is 0.0978. The van der Waals surface area contributed by atoms with Gasteiger partial charge in [0.1, 0.15) is 12.1 Å². The Bertz CT molecular complexity index is 958. The first-order valence-corrected chi connectivity index (χ1v) is 10.3. The predicted octanol–water partition coefficient (Wildman–Crippen LogP) is 3.03. The molecule has 1 aliphatic rings. The molecule has 0 aliphatic carbocycles. The summed E-state index contributed by atoms with van der Waals surface area (Å²) >= 11 is 1.67. The highest BCUT2D eigenvalue weighted by Gasteiger charge is 2.49. The lowest BCUT2D eigenvalue weighted by Gasteiger charge is -2.22. The standard InChI is InChI=1S/C21H21F2N3O3S/c1-21(14-8-9-16(22)17(23)12-14)19(28)26(20(29)25-21)13-18(27)24-10-5-11-30-15-6-3-2-4-7-15/h2-4,6-9,12H,5,10-11,13H2,1H3,(H,24,27)(H,25,29). The lowest BCUT2D eigenvalue weighted by atomic mass is 9.92. The van der Waals surface area contributed by atoms with Crippen molar-refractivity contribution in [2.24, 2.45) is 0 Å². The van der Waals surface area contributed by atoms with E-state index in [0.29, 0.717) is 6.54 Å². The fraction of sp³-hybridized carbons (Fsp3) is 0.286. The highest BCUT2D eigenvalue weighted by molar-refractivity contribution is 7.99. The number of carbonyl (C=O) groups is 3. The molecule has 0 spiro atoms. The summed E-state index contributed by atoms with van der Waals surface area (Å²) in [5.74, 6) is -2.55. The third-order valence-corrected chi connectivity index (χ3v) is 5.83. The summed E-state index contributed by atoms with van der Waals surface area (Å²) in [5, 5.41) is 5.14. The molecular weight excluding hydrogens is 412 g/mol. The molecule has 1 fully saturated rings. The van der Waals surface area contributed by atoms with E-state index in [4.69, 9.17) is 0 Å². The van der Waals surface area contributed by atoms with Gasteiger partial charge in [-0.3, -0.25) is 14.5 Å². The molecule has 4 amide bonds. The van der Waals surface area contributed by atoms with Crippen molar-refractivity contribution in [3.8, 4) is 0 Å². The zero-order valence-electron chi connectivity index (χ0n) is 16.3. The number of carbonyl (C=O) groups excluding carboxylic acids is 3. The van der Waals surface area contributed by atoms with Gasteiger partial charge in [-0.1, -0.05) is 24.3 Å². The molecule has 9 heteroatoms. The third kappa shape index (κ3) is 4.79. The van der Waals surface area contributed by atoms with E-state index >= 15 is 0 Å². The monoisotopic (exact) mass is 433 g/mol. The molecule has 3 rings (SSSR count). The maximum atomic E-state index is 13.6. The summed E-state index contributed by atoms with van der Waals surface area (Å²) in [4.78, 5) is 39.1. The summed E-state index contributed by atoms with van der Waals surface area (Å²) in [6.07, 6.45) is 0.720. The smallest absolute Gasteiger partial charge is 0.325 e. The van der Waals surface area contributed by atoms with Crippen LogP contribution in [0.15, 0.2) is 53.4 Å². The number of halogens is 2. The fourth-order valence-corrected chi connectivity index (χ4v) is 3.92. The molecular formula is C21H21F2N3O3S. The number of rotatable bonds is 8. The number of imide groups is 1. The molecule has 2 aromatic rings. The van der Waals surface area contributed by atoms with Crippen molar-refractivity contribution >= 4 is 29.6 Å². The van der Waals surface area contributed by atoms with Gasteiger partial charge in [-0.15, -0.1) is 11.8 Å². The van der Waals surface area contributed by atoms with Crippen LogP contribution in [-0.4, -0.2) is 41.6 Å². The van der Waals surface area contributed by atoms with Crippen LogP contribution in [0.5, 0.6) is 0 Å². The molecule has 0 aromatic heterocycles. The number of hydrogen-bond donors (Lipinski definition) is 2. The quantitative estimate of drug-likeness (QED) is 0.381. The normalized spacial score (nSPS) is 18.4. The van der Waals surface area contributed by atoms with Gasteiger partial charge in [-0.05, 0) is 48.9 Å². The average Bonchev–Trinajstić information content (AvgIpc) is 2.94. The van der Waals surface area contributed by atoms with Crippen LogP contribution in [0.2, 0.25) is 0 Å². The largest absolute Gasteiger partial charge is 0.355 e. The Balaban J connectivity index is 1.51. The maximum Gasteiger partial charge on any atom is 0.325 e. The molecule has 0 saturated carbocycles. The van der Waals surface area contributed by atoms with E-state index in [0.717, 1.165) is 34.1 Å². The van der Waals surface area contributed by atoms with Crippen molar-refractivity contribution in [1.82, 2.24) is 15.5 Å². The number of hydrogen-bond acceptors (Lipinski definition) is 4. The van der Waals surface area contributed by atoms with Crippen molar-refractivity contribution in [3.63, 3.8) is 0 Å². The molecule has 158 valence electrons. The molecule has 0 radical (unpaired) electrons. The predicted molar refractivity (Wildman–Crippen MR) is 109 cm³/mol. The second-order valence-corrected chi connectivity index (χ2v) is 8.11. The lowest BCUT2D eigenvalue weighted by Crippen LogP contribution is -2.43. The van der Waals surface area contributed by atoms with Gasteiger partial charge >= 0.3 is 6.03 Å². The summed E-state index contributed by atoms with van der Waals surface area (Å²) in [5.41, 5.74) is -1.47. The van der Waals surface area contributed by atoms with E-state index in [9.17, 15) is 23.2 Å². The third-order valence-electron chi connectivity index (χ3n) is 4.73. The van der Waals surface area contributed by atoms with Crippen molar-refractivity contribution < 1.29 is 23.2 Å². The number of benzene rings is 2. The Labute approximate surface area is 177 Å². The van der Waals surface area contributed by atoms with E-state index in [1.807, 2.05) is 30.3 Å². The lowest BCUT2D eigenvalue weighted by molar-refractivity contribution is -0.134. The Morgan fingerprint density at radius 1 is 1.13 bits per heavy atom. The molecule has 1 aliphatic heterocycles. The molecule has 30 heavy (non-hydrogen) atoms. The van der Waals surface area contributed by atoms with Crippen LogP contribution in [-0.2, 0) is 15.1 Å². The van der Waals surface area contributed by atoms with Gasteiger partial charge in [-0.25, -0.2) is 13.6 Å². The topological polar surface area (TPSA) is 78.5 Å². The second-order valence-electron chi connectivity index (χ2n) is 6.94. The SMILES string of the molecule is CC1(c2ccc(F)c(F)c2)NC(=O)N(CC(=O)NCCCSc2ccccc2)C1=O. The zero-order valence-corrected chi connectivity index (χ0v) is 17.1. The first-order valence-electron chi connectivity index (χ1n) is 9.35. The van der Waals surface area contributed by atoms with Gasteiger partial charge in [0.05, 0.1) is 0 Å². The molecule has 1 heterocycles. The summed E-state index contributed by atoms with van der Waals surface area (Å²) in [7, 11) is 0. The van der Waals surface area contributed by atoms with Crippen LogP contribution in [0.1, 0.15) is 18.9 Å². The highest BCUT2D eigenvalue weighted by Crippen LogP contribution is 2.29. The van der Waals surface area contributed by atoms with Crippen molar-refractivity contribution in [2.75, 3.05) is 18.8 Å². The van der Waals surface area contributed by atoms with Crippen LogP contribution >= 0.6 is 11.8 Å². The number of nitrogens with one attached hydrogen (secondary N) is 2. The van der Waals surface area contributed by atoms with Crippen molar-refractivity contribution in [1.29, 1.82) is 0 Å². The van der Waals surface area contributed by atoms with Crippen LogP contribution < -0.4 is 10.6 Å². The second kappa shape index (κ2) is 9.25. The first kappa shape index (κ1) is 21.8. The average molecular weight is 433 g/mol. The molecule has 1 atom stereocenters. The Morgan fingerprint density at radius 2 is 1.87 bits per heavy atom. The summed E-state index contributed by atoms with van der Waals surface area (Å²) in [6, 6.07) is 12.1. The van der Waals surface area contributed by atoms with E-state index < -0.39 is 41.6 Å². The highest BCUT2D eigenvalue weighted by atomic mass is 32.2. The van der Waals surface area contributed by atoms with Gasteiger partial charge in [0.15, 0.2) is 11.6 Å². The van der Waals surface area contributed by atoms with E-state index in [-0.39, 0.29) is 5.56 Å². The number of thioether (sulfide) groups is 1. The van der Waals surface area contributed by atoms with E-state index in [1.165, 1.54) is 13.0 Å². The van der Waals surface area contributed by atoms with Gasteiger partial charge in [0.2, 0.25) is 5.91 Å².